The van der Waals surface area contributed by atoms with Gasteiger partial charge in [-0.2, -0.15) is 0 Å². The highest BCUT2D eigenvalue weighted by atomic mass is 16.3. The van der Waals surface area contributed by atoms with E-state index in [2.05, 4.69) is 5.32 Å². The Kier molecular flexibility index (Phi) is 5.09. The smallest absolute Gasteiger partial charge is 0.252 e. The third-order valence-corrected chi connectivity index (χ3v) is 3.92. The highest BCUT2D eigenvalue weighted by molar-refractivity contribution is 6.15. The van der Waals surface area contributed by atoms with Crippen molar-refractivity contribution in [2.75, 3.05) is 0 Å². The third-order valence-electron chi connectivity index (χ3n) is 3.92. The summed E-state index contributed by atoms with van der Waals surface area (Å²) in [5.41, 5.74) is 1.34. The fourth-order valence-electron chi connectivity index (χ4n) is 2.71. The highest BCUT2D eigenvalue weighted by Crippen LogP contribution is 2.15. The van der Waals surface area contributed by atoms with Gasteiger partial charge in [-0.1, -0.05) is 48.5 Å². The molecule has 1 atom stereocenters. The Morgan fingerprint density at radius 3 is 2.28 bits per heavy atom. The first-order chi connectivity index (χ1) is 12.1. The van der Waals surface area contributed by atoms with Crippen molar-refractivity contribution >= 4 is 11.7 Å². The van der Waals surface area contributed by atoms with Gasteiger partial charge in [-0.3, -0.25) is 9.59 Å². The fourth-order valence-corrected chi connectivity index (χ4v) is 2.71. The normalized spacial score (nSPS) is 11.7. The van der Waals surface area contributed by atoms with Crippen molar-refractivity contribution in [2.45, 2.75) is 19.4 Å². The monoisotopic (exact) mass is 333 g/mol. The lowest BCUT2D eigenvalue weighted by atomic mass is 9.97. The molecule has 3 aromatic rings. The molecule has 0 bridgehead atoms. The van der Waals surface area contributed by atoms with Crippen LogP contribution < -0.4 is 5.32 Å². The van der Waals surface area contributed by atoms with E-state index in [1.54, 1.807) is 54.8 Å². The molecule has 0 aliphatic rings. The van der Waals surface area contributed by atoms with E-state index in [1.165, 1.54) is 0 Å². The van der Waals surface area contributed by atoms with E-state index in [0.717, 1.165) is 5.76 Å². The number of nitrogens with one attached hydrogen (secondary N) is 1. The van der Waals surface area contributed by atoms with Crippen LogP contribution in [0.5, 0.6) is 0 Å². The van der Waals surface area contributed by atoms with Crippen molar-refractivity contribution in [1.29, 1.82) is 0 Å². The molecule has 0 saturated heterocycles. The number of rotatable bonds is 6. The van der Waals surface area contributed by atoms with Gasteiger partial charge in [0.25, 0.3) is 5.91 Å². The maximum Gasteiger partial charge on any atom is 0.252 e. The molecule has 0 aliphatic carbocycles. The van der Waals surface area contributed by atoms with E-state index in [0.29, 0.717) is 23.1 Å². The maximum atomic E-state index is 12.7. The lowest BCUT2D eigenvalue weighted by Gasteiger charge is -2.14. The second kappa shape index (κ2) is 7.62. The van der Waals surface area contributed by atoms with Crippen LogP contribution in [0.1, 0.15) is 39.0 Å². The van der Waals surface area contributed by atoms with Crippen molar-refractivity contribution in [2.24, 2.45) is 0 Å². The molecule has 0 saturated carbocycles. The molecule has 0 radical (unpaired) electrons. The minimum Gasteiger partial charge on any atom is -0.469 e. The molecule has 126 valence electrons. The van der Waals surface area contributed by atoms with E-state index >= 15 is 0 Å². The first-order valence-electron chi connectivity index (χ1n) is 8.17. The van der Waals surface area contributed by atoms with E-state index in [4.69, 9.17) is 4.42 Å². The Morgan fingerprint density at radius 1 is 0.920 bits per heavy atom. The molecular weight excluding hydrogens is 314 g/mol. The summed E-state index contributed by atoms with van der Waals surface area (Å²) >= 11 is 0. The zero-order chi connectivity index (χ0) is 17.6. The third kappa shape index (κ3) is 4.04. The molecule has 0 unspecified atom stereocenters. The molecule has 1 heterocycles. The highest BCUT2D eigenvalue weighted by Gasteiger charge is 2.19. The fraction of sp³-hybridized carbons (Fsp3) is 0.143. The molecule has 1 aromatic heterocycles. The van der Waals surface area contributed by atoms with Crippen LogP contribution in [0.2, 0.25) is 0 Å². The summed E-state index contributed by atoms with van der Waals surface area (Å²) < 4.78 is 5.31. The van der Waals surface area contributed by atoms with Crippen LogP contribution in [0.4, 0.5) is 0 Å². The van der Waals surface area contributed by atoms with Crippen LogP contribution in [0.25, 0.3) is 0 Å². The summed E-state index contributed by atoms with van der Waals surface area (Å²) in [6.45, 7) is 1.90. The topological polar surface area (TPSA) is 59.3 Å². The Morgan fingerprint density at radius 2 is 1.60 bits per heavy atom. The number of ketones is 1. The molecular formula is C21H19NO3. The molecule has 1 N–H and O–H groups in total. The van der Waals surface area contributed by atoms with Crippen LogP contribution in [-0.4, -0.2) is 17.7 Å². The predicted octanol–water partition coefficient (Wildman–Crippen LogP) is 3.87. The van der Waals surface area contributed by atoms with Gasteiger partial charge < -0.3 is 9.73 Å². The Labute approximate surface area is 146 Å². The Hall–Kier alpha value is -3.14. The summed E-state index contributed by atoms with van der Waals surface area (Å²) in [6, 6.07) is 19.4. The van der Waals surface area contributed by atoms with Crippen molar-refractivity contribution in [1.82, 2.24) is 5.32 Å². The first kappa shape index (κ1) is 16.7. The molecule has 0 aliphatic heterocycles. The maximum absolute atomic E-state index is 12.7. The SMILES string of the molecule is C[C@@H](Cc1ccco1)NC(=O)c1ccccc1C(=O)c1ccccc1. The van der Waals surface area contributed by atoms with E-state index in [-0.39, 0.29) is 17.7 Å². The molecule has 0 spiro atoms. The van der Waals surface area contributed by atoms with Gasteiger partial charge in [-0.15, -0.1) is 0 Å². The van der Waals surface area contributed by atoms with Gasteiger partial charge in [0.05, 0.1) is 11.8 Å². The summed E-state index contributed by atoms with van der Waals surface area (Å²) in [7, 11) is 0. The molecule has 0 fully saturated rings. The summed E-state index contributed by atoms with van der Waals surface area (Å²) in [5, 5.41) is 2.93. The van der Waals surface area contributed by atoms with Gasteiger partial charge in [0, 0.05) is 23.6 Å². The minimum absolute atomic E-state index is 0.112. The average Bonchev–Trinajstić information content (AvgIpc) is 3.14. The molecule has 25 heavy (non-hydrogen) atoms. The van der Waals surface area contributed by atoms with Crippen LogP contribution in [0, 0.1) is 0 Å². The molecule has 4 nitrogen and oxygen atoms in total. The molecule has 4 heteroatoms. The van der Waals surface area contributed by atoms with Crippen LogP contribution in [0.15, 0.2) is 77.4 Å². The van der Waals surface area contributed by atoms with Gasteiger partial charge in [-0.05, 0) is 25.1 Å². The van der Waals surface area contributed by atoms with Crippen molar-refractivity contribution in [3.05, 3.63) is 95.4 Å². The Balaban J connectivity index is 1.78. The molecule has 2 aromatic carbocycles. The van der Waals surface area contributed by atoms with Gasteiger partial charge in [0.15, 0.2) is 5.78 Å². The number of carbonyl (C=O) groups excluding carboxylic acids is 2. The van der Waals surface area contributed by atoms with Gasteiger partial charge in [-0.25, -0.2) is 0 Å². The Bertz CT molecular complexity index is 854. The average molecular weight is 333 g/mol. The van der Waals surface area contributed by atoms with Crippen LogP contribution >= 0.6 is 0 Å². The predicted molar refractivity (Wildman–Crippen MR) is 95.7 cm³/mol. The van der Waals surface area contributed by atoms with E-state index < -0.39 is 0 Å². The second-order valence-electron chi connectivity index (χ2n) is 5.90. The van der Waals surface area contributed by atoms with Crippen molar-refractivity contribution in [3.63, 3.8) is 0 Å². The number of carbonyl (C=O) groups is 2. The van der Waals surface area contributed by atoms with Gasteiger partial charge in [0.2, 0.25) is 0 Å². The lowest BCUT2D eigenvalue weighted by Crippen LogP contribution is -2.34. The van der Waals surface area contributed by atoms with Crippen LogP contribution in [-0.2, 0) is 6.42 Å². The first-order valence-corrected chi connectivity index (χ1v) is 8.17. The van der Waals surface area contributed by atoms with Crippen molar-refractivity contribution in [3.8, 4) is 0 Å². The standard InChI is InChI=1S/C21H19NO3/c1-15(14-17-10-7-13-25-17)22-21(24)19-12-6-5-11-18(19)20(23)16-8-3-2-4-9-16/h2-13,15H,14H2,1H3,(H,22,24)/t15-/m0/s1. The largest absolute Gasteiger partial charge is 0.469 e. The van der Waals surface area contributed by atoms with Gasteiger partial charge in [0.1, 0.15) is 5.76 Å². The summed E-state index contributed by atoms with van der Waals surface area (Å²) in [4.78, 5) is 25.4. The number of furan rings is 1. The summed E-state index contributed by atoms with van der Waals surface area (Å²) in [5.74, 6) is 0.380. The number of hydrogen-bond acceptors (Lipinski definition) is 3. The molecule has 3 rings (SSSR count). The minimum atomic E-state index is -0.265. The van der Waals surface area contributed by atoms with E-state index in [9.17, 15) is 9.59 Å². The van der Waals surface area contributed by atoms with Crippen molar-refractivity contribution < 1.29 is 14.0 Å². The molecule has 1 amide bonds. The van der Waals surface area contributed by atoms with E-state index in [1.807, 2.05) is 25.1 Å². The lowest BCUT2D eigenvalue weighted by molar-refractivity contribution is 0.0929. The second-order valence-corrected chi connectivity index (χ2v) is 5.90. The zero-order valence-electron chi connectivity index (χ0n) is 13.9. The summed E-state index contributed by atoms with van der Waals surface area (Å²) in [6.07, 6.45) is 2.20. The number of amides is 1. The number of benzene rings is 2. The van der Waals surface area contributed by atoms with Crippen LogP contribution in [0.3, 0.4) is 0 Å². The zero-order valence-corrected chi connectivity index (χ0v) is 13.9. The van der Waals surface area contributed by atoms with Gasteiger partial charge >= 0.3 is 0 Å². The quantitative estimate of drug-likeness (QED) is 0.697. The number of hydrogen-bond donors (Lipinski definition) is 1.